The van der Waals surface area contributed by atoms with Gasteiger partial charge in [0.25, 0.3) is 0 Å². The van der Waals surface area contributed by atoms with Crippen molar-refractivity contribution in [2.75, 3.05) is 6.54 Å². The number of aryl methyl sites for hydroxylation is 1. The maximum atomic E-state index is 13.8. The highest BCUT2D eigenvalue weighted by Gasteiger charge is 2.41. The Labute approximate surface area is 153 Å². The second kappa shape index (κ2) is 8.02. The molecule has 3 rings (SSSR count). The van der Waals surface area contributed by atoms with E-state index in [-0.39, 0.29) is 29.7 Å². The largest absolute Gasteiger partial charge is 0.461 e. The lowest BCUT2D eigenvalue weighted by atomic mass is 9.95. The summed E-state index contributed by atoms with van der Waals surface area (Å²) in [6.45, 7) is 2.45. The molecule has 0 radical (unpaired) electrons. The number of hydrogen-bond acceptors (Lipinski definition) is 3. The van der Waals surface area contributed by atoms with Gasteiger partial charge in [-0.3, -0.25) is 4.79 Å². The fraction of sp³-hybridized carbons (Fsp3) is 0.421. The molecule has 1 aliphatic carbocycles. The van der Waals surface area contributed by atoms with Gasteiger partial charge in [-0.15, -0.1) is 12.4 Å². The summed E-state index contributed by atoms with van der Waals surface area (Å²) in [7, 11) is 0. The number of carbonyl (C=O) groups excluding carboxylic acids is 1. The SMILES string of the molecule is CC(CN)(NC(=O)CCc1ccc(-c2ccccc2F)o1)C1CC1.Cl. The highest BCUT2D eigenvalue weighted by molar-refractivity contribution is 5.85. The van der Waals surface area contributed by atoms with Crippen LogP contribution in [-0.2, 0) is 11.2 Å². The maximum Gasteiger partial charge on any atom is 0.220 e. The van der Waals surface area contributed by atoms with Gasteiger partial charge in [0, 0.05) is 19.4 Å². The normalized spacial score (nSPS) is 16.0. The fourth-order valence-corrected chi connectivity index (χ4v) is 2.98. The van der Waals surface area contributed by atoms with Crippen molar-refractivity contribution in [3.63, 3.8) is 0 Å². The molecule has 25 heavy (non-hydrogen) atoms. The molecule has 1 heterocycles. The van der Waals surface area contributed by atoms with E-state index < -0.39 is 0 Å². The molecule has 1 aromatic heterocycles. The Balaban J connectivity index is 0.00000225. The molecular formula is C19H24ClFN2O2. The van der Waals surface area contributed by atoms with Crippen LogP contribution in [-0.4, -0.2) is 18.0 Å². The molecular weight excluding hydrogens is 343 g/mol. The van der Waals surface area contributed by atoms with E-state index in [1.807, 2.05) is 6.92 Å². The van der Waals surface area contributed by atoms with Crippen molar-refractivity contribution >= 4 is 18.3 Å². The maximum absolute atomic E-state index is 13.8. The molecule has 1 amide bonds. The molecule has 1 aromatic carbocycles. The first kappa shape index (κ1) is 19.5. The zero-order valence-corrected chi connectivity index (χ0v) is 15.1. The van der Waals surface area contributed by atoms with Crippen LogP contribution in [0.2, 0.25) is 0 Å². The van der Waals surface area contributed by atoms with Crippen molar-refractivity contribution in [3.8, 4) is 11.3 Å². The van der Waals surface area contributed by atoms with Crippen molar-refractivity contribution in [2.45, 2.75) is 38.1 Å². The molecule has 0 spiro atoms. The average Bonchev–Trinajstić information content (AvgIpc) is 3.33. The lowest BCUT2D eigenvalue weighted by molar-refractivity contribution is -0.123. The van der Waals surface area contributed by atoms with E-state index in [4.69, 9.17) is 10.2 Å². The number of hydrogen-bond donors (Lipinski definition) is 2. The first-order valence-electron chi connectivity index (χ1n) is 8.36. The summed E-state index contributed by atoms with van der Waals surface area (Å²) in [5.41, 5.74) is 5.94. The van der Waals surface area contributed by atoms with Crippen LogP contribution >= 0.6 is 12.4 Å². The third kappa shape index (κ3) is 4.61. The Kier molecular flexibility index (Phi) is 6.25. The van der Waals surface area contributed by atoms with Gasteiger partial charge >= 0.3 is 0 Å². The molecule has 4 nitrogen and oxygen atoms in total. The molecule has 6 heteroatoms. The molecule has 2 aromatic rings. The number of halogens is 2. The molecule has 0 saturated heterocycles. The number of nitrogens with one attached hydrogen (secondary N) is 1. The second-order valence-electron chi connectivity index (χ2n) is 6.69. The minimum Gasteiger partial charge on any atom is -0.461 e. The van der Waals surface area contributed by atoms with E-state index in [9.17, 15) is 9.18 Å². The highest BCUT2D eigenvalue weighted by atomic mass is 35.5. The quantitative estimate of drug-likeness (QED) is 0.785. The first-order valence-corrected chi connectivity index (χ1v) is 8.36. The minimum atomic E-state index is -0.320. The third-order valence-corrected chi connectivity index (χ3v) is 4.73. The van der Waals surface area contributed by atoms with E-state index in [1.54, 1.807) is 30.3 Å². The topological polar surface area (TPSA) is 68.3 Å². The molecule has 3 N–H and O–H groups in total. The standard InChI is InChI=1S/C19H23FN2O2.ClH/c1-19(12-21,13-6-7-13)22-18(23)11-9-14-8-10-17(24-14)15-4-2-3-5-16(15)20;/h2-5,8,10,13H,6-7,9,11-12,21H2,1H3,(H,22,23);1H. The second-order valence-corrected chi connectivity index (χ2v) is 6.69. The number of rotatable bonds is 7. The van der Waals surface area contributed by atoms with Crippen molar-refractivity contribution < 1.29 is 13.6 Å². The van der Waals surface area contributed by atoms with Crippen LogP contribution in [0.25, 0.3) is 11.3 Å². The molecule has 0 aliphatic heterocycles. The average molecular weight is 367 g/mol. The minimum absolute atomic E-state index is 0. The predicted octanol–water partition coefficient (Wildman–Crippen LogP) is 3.68. The van der Waals surface area contributed by atoms with Crippen LogP contribution in [0.15, 0.2) is 40.8 Å². The van der Waals surface area contributed by atoms with Crippen molar-refractivity contribution in [3.05, 3.63) is 48.0 Å². The molecule has 1 unspecified atom stereocenters. The lowest BCUT2D eigenvalue weighted by Gasteiger charge is -2.29. The number of nitrogens with two attached hydrogens (primary N) is 1. The Morgan fingerprint density at radius 2 is 2.04 bits per heavy atom. The molecule has 1 aliphatic rings. The molecule has 136 valence electrons. The smallest absolute Gasteiger partial charge is 0.220 e. The van der Waals surface area contributed by atoms with Crippen LogP contribution < -0.4 is 11.1 Å². The van der Waals surface area contributed by atoms with E-state index in [0.717, 1.165) is 12.8 Å². The number of benzene rings is 1. The zero-order chi connectivity index (χ0) is 17.2. The summed E-state index contributed by atoms with van der Waals surface area (Å²) in [6.07, 6.45) is 3.05. The van der Waals surface area contributed by atoms with Gasteiger partial charge in [0.2, 0.25) is 5.91 Å². The Morgan fingerprint density at radius 1 is 1.32 bits per heavy atom. The van der Waals surface area contributed by atoms with Crippen LogP contribution in [0.1, 0.15) is 31.9 Å². The lowest BCUT2D eigenvalue weighted by Crippen LogP contribution is -2.53. The highest BCUT2D eigenvalue weighted by Crippen LogP contribution is 2.39. The molecule has 1 atom stereocenters. The van der Waals surface area contributed by atoms with Gasteiger partial charge in [-0.1, -0.05) is 12.1 Å². The summed E-state index contributed by atoms with van der Waals surface area (Å²) in [5.74, 6) is 1.29. The molecule has 0 bridgehead atoms. The van der Waals surface area contributed by atoms with Gasteiger partial charge in [0.15, 0.2) is 0 Å². The van der Waals surface area contributed by atoms with Crippen LogP contribution in [0, 0.1) is 11.7 Å². The van der Waals surface area contributed by atoms with Crippen LogP contribution in [0.5, 0.6) is 0 Å². The van der Waals surface area contributed by atoms with E-state index in [2.05, 4.69) is 5.32 Å². The van der Waals surface area contributed by atoms with Gasteiger partial charge in [0.1, 0.15) is 17.3 Å². The molecule has 1 saturated carbocycles. The summed E-state index contributed by atoms with van der Waals surface area (Å²) in [4.78, 5) is 12.2. The summed E-state index contributed by atoms with van der Waals surface area (Å²) < 4.78 is 19.4. The van der Waals surface area contributed by atoms with Crippen molar-refractivity contribution in [1.29, 1.82) is 0 Å². The van der Waals surface area contributed by atoms with Gasteiger partial charge in [0.05, 0.1) is 11.1 Å². The van der Waals surface area contributed by atoms with E-state index in [1.165, 1.54) is 6.07 Å². The Bertz CT molecular complexity index is 730. The van der Waals surface area contributed by atoms with Gasteiger partial charge in [-0.2, -0.15) is 0 Å². The van der Waals surface area contributed by atoms with Gasteiger partial charge in [-0.05, 0) is 49.9 Å². The fourth-order valence-electron chi connectivity index (χ4n) is 2.98. The number of amides is 1. The number of furan rings is 1. The van der Waals surface area contributed by atoms with Gasteiger partial charge < -0.3 is 15.5 Å². The molecule has 1 fully saturated rings. The van der Waals surface area contributed by atoms with Crippen molar-refractivity contribution in [2.24, 2.45) is 11.7 Å². The number of carbonyl (C=O) groups is 1. The summed E-state index contributed by atoms with van der Waals surface area (Å²) >= 11 is 0. The van der Waals surface area contributed by atoms with Crippen molar-refractivity contribution in [1.82, 2.24) is 5.32 Å². The Hall–Kier alpha value is -1.85. The third-order valence-electron chi connectivity index (χ3n) is 4.73. The van der Waals surface area contributed by atoms with E-state index >= 15 is 0 Å². The predicted molar refractivity (Wildman–Crippen MR) is 98.0 cm³/mol. The Morgan fingerprint density at radius 3 is 2.68 bits per heavy atom. The van der Waals surface area contributed by atoms with E-state index in [0.29, 0.717) is 42.4 Å². The monoisotopic (exact) mass is 366 g/mol. The summed E-state index contributed by atoms with van der Waals surface area (Å²) in [6, 6.07) is 10.0. The van der Waals surface area contributed by atoms with Crippen LogP contribution in [0.4, 0.5) is 4.39 Å². The van der Waals surface area contributed by atoms with Crippen LogP contribution in [0.3, 0.4) is 0 Å². The summed E-state index contributed by atoms with van der Waals surface area (Å²) in [5, 5.41) is 3.06. The zero-order valence-electron chi connectivity index (χ0n) is 14.3. The first-order chi connectivity index (χ1) is 11.5. The van der Waals surface area contributed by atoms with Gasteiger partial charge in [-0.25, -0.2) is 4.39 Å².